The predicted octanol–water partition coefficient (Wildman–Crippen LogP) is 2.94. The molecule has 0 bridgehead atoms. The lowest BCUT2D eigenvalue weighted by atomic mass is 10.0. The maximum absolute atomic E-state index is 10.6. The van der Waals surface area contributed by atoms with E-state index in [1.807, 2.05) is 11.8 Å². The quantitative estimate of drug-likeness (QED) is 0.114. The van der Waals surface area contributed by atoms with E-state index in [2.05, 4.69) is 33.9 Å². The Kier molecular flexibility index (Phi) is 26.1. The Morgan fingerprint density at radius 3 is 1.56 bits per heavy atom. The van der Waals surface area contributed by atoms with Crippen LogP contribution < -0.4 is 0 Å². The fourth-order valence-electron chi connectivity index (χ4n) is 5.40. The minimum atomic E-state index is -1.28. The molecule has 0 saturated carbocycles. The molecular formula is C25H41N7O23S4. The molecule has 4 saturated heterocycles. The van der Waals surface area contributed by atoms with Gasteiger partial charge in [-0.1, -0.05) is 0 Å². The number of aliphatic carboxylic acids is 1. The van der Waals surface area contributed by atoms with Crippen molar-refractivity contribution in [2.24, 2.45) is 0 Å². The maximum atomic E-state index is 10.6. The van der Waals surface area contributed by atoms with Gasteiger partial charge in [0.05, 0.1) is 6.61 Å². The number of carbonyl (C=O) groups is 1. The summed E-state index contributed by atoms with van der Waals surface area (Å²) in [5.41, 5.74) is 0. The molecule has 4 rings (SSSR count). The van der Waals surface area contributed by atoms with Crippen molar-refractivity contribution in [2.75, 3.05) is 42.0 Å². The zero-order valence-corrected chi connectivity index (χ0v) is 33.9. The van der Waals surface area contributed by atoms with Crippen LogP contribution in [-0.2, 0) is 38.7 Å². The van der Waals surface area contributed by atoms with Crippen molar-refractivity contribution in [1.82, 2.24) is 0 Å². The molecule has 4 heterocycles. The number of carboxylic acid groups (broad SMARTS) is 1. The van der Waals surface area contributed by atoms with E-state index in [-0.39, 0.29) is 23.5 Å². The van der Waals surface area contributed by atoms with Crippen molar-refractivity contribution in [2.45, 2.75) is 104 Å². The summed E-state index contributed by atoms with van der Waals surface area (Å²) >= 11 is 6.12. The van der Waals surface area contributed by atoms with Crippen LogP contribution in [0, 0.1) is 70.8 Å². The van der Waals surface area contributed by atoms with Crippen molar-refractivity contribution < 1.29 is 79.4 Å². The van der Waals surface area contributed by atoms with Crippen LogP contribution in [0.4, 0.5) is 0 Å². The summed E-state index contributed by atoms with van der Waals surface area (Å²) in [7, 11) is 0. The zero-order valence-electron chi connectivity index (χ0n) is 30.6. The molecule has 34 heteroatoms. The topological polar surface area (TPSA) is 404 Å². The minimum Gasteiger partial charge on any atom is -0.481 e. The first-order chi connectivity index (χ1) is 27.9. The molecule has 338 valence electrons. The molecule has 8 atom stereocenters. The van der Waals surface area contributed by atoms with Gasteiger partial charge in [0.2, 0.25) is 0 Å². The molecule has 0 amide bonds. The van der Waals surface area contributed by atoms with Gasteiger partial charge in [-0.2, -0.15) is 47.0 Å². The highest BCUT2D eigenvalue weighted by Crippen LogP contribution is 2.34. The average molecular weight is 936 g/mol. The summed E-state index contributed by atoms with van der Waals surface area (Å²) < 4.78 is 0. The summed E-state index contributed by atoms with van der Waals surface area (Å²) in [5, 5.41) is 72.8. The summed E-state index contributed by atoms with van der Waals surface area (Å²) in [6.45, 7) is -0.143. The molecule has 1 N–H and O–H groups in total. The monoisotopic (exact) mass is 935 g/mol. The normalized spacial score (nSPS) is 22.9. The number of rotatable bonds is 23. The molecule has 0 aromatic heterocycles. The molecule has 0 aliphatic carbocycles. The number of hydrogen-bond donors (Lipinski definition) is 1. The van der Waals surface area contributed by atoms with E-state index in [1.165, 1.54) is 53.9 Å². The van der Waals surface area contributed by atoms with Gasteiger partial charge in [-0.15, -0.1) is 70.8 Å². The van der Waals surface area contributed by atoms with Gasteiger partial charge in [0.1, 0.15) is 37.1 Å². The smallest absolute Gasteiger partial charge is 0.303 e. The fourth-order valence-corrected chi connectivity index (χ4v) is 10.5. The second-order valence-electron chi connectivity index (χ2n) is 11.8. The molecule has 30 nitrogen and oxygen atoms in total. The number of hydrogen-bond acceptors (Lipinski definition) is 26. The Hall–Kier alpha value is -4.73. The van der Waals surface area contributed by atoms with Crippen molar-refractivity contribution in [3.63, 3.8) is 0 Å². The van der Waals surface area contributed by atoms with Crippen LogP contribution in [-0.4, -0.2) is 135 Å². The van der Waals surface area contributed by atoms with Crippen LogP contribution in [0.2, 0.25) is 0 Å². The highest BCUT2D eigenvalue weighted by molar-refractivity contribution is 8.00. The Morgan fingerprint density at radius 1 is 0.627 bits per heavy atom. The molecule has 4 aliphatic heterocycles. The third-order valence-corrected chi connectivity index (χ3v) is 13.3. The molecule has 4 aliphatic rings. The third kappa shape index (κ3) is 25.4. The number of thioether (sulfide) groups is 4. The van der Waals surface area contributed by atoms with E-state index < -0.39 is 85.1 Å². The summed E-state index contributed by atoms with van der Waals surface area (Å²) in [6.07, 6.45) is 0.753. The van der Waals surface area contributed by atoms with Gasteiger partial charge in [-0.05, 0) is 68.6 Å². The van der Waals surface area contributed by atoms with Gasteiger partial charge in [0.25, 0.3) is 35.6 Å². The highest BCUT2D eigenvalue weighted by atomic mass is 32.2. The van der Waals surface area contributed by atoms with E-state index >= 15 is 0 Å². The summed E-state index contributed by atoms with van der Waals surface area (Å²) in [6, 6.07) is 0. The van der Waals surface area contributed by atoms with Gasteiger partial charge in [-0.25, -0.2) is 0 Å². The standard InChI is InChI=1S/C9H14N2O8S.C6H10N2O6S.C6H11NO3S.C4H6N2O6S/c12-8(13)4-3-6(18-10(14)15)9(19-11(16)17)7-2-1-5-20-7;9-7(10)13-4-5(14-8(11)12)6-2-1-3-15-6;8-7(9)10-4-3-6-2-1-5-11-6;7-5(8)11-3-1-13-2-4(3)12-6(9)10/h6-7,9H,1-5H2,(H,12,13);5-6H,1-4H2;6H,1-5H2;3-4H,1-2H2. The average Bonchev–Trinajstić information content (AvgIpc) is 3.98. The van der Waals surface area contributed by atoms with E-state index in [0.29, 0.717) is 23.2 Å². The van der Waals surface area contributed by atoms with Crippen molar-refractivity contribution >= 4 is 53.0 Å². The van der Waals surface area contributed by atoms with E-state index in [1.54, 1.807) is 0 Å². The lowest BCUT2D eigenvalue weighted by molar-refractivity contribution is -0.798. The number of nitrogens with zero attached hydrogens (tertiary/aromatic N) is 7. The van der Waals surface area contributed by atoms with Crippen molar-refractivity contribution in [3.8, 4) is 0 Å². The SMILES string of the molecule is O=C(O)CCC(O[N+](=O)[O-])C(O[N+](=O)[O-])C1CCCS1.O=[N+]([O-])OC1CSCC1O[N+](=O)[O-].O=[N+]([O-])OCC(O[N+](=O)[O-])C1CCCS1.O=[N+]([O-])OCCC1CCCS1. The molecule has 0 aromatic rings. The molecule has 8 unspecified atom stereocenters. The Balaban J connectivity index is 0.000000403. The molecule has 4 fully saturated rings. The summed E-state index contributed by atoms with van der Waals surface area (Å²) in [4.78, 5) is 111. The van der Waals surface area contributed by atoms with E-state index in [4.69, 9.17) is 5.11 Å². The molecular weight excluding hydrogens is 895 g/mol. The Bertz CT molecular complexity index is 1340. The molecule has 59 heavy (non-hydrogen) atoms. The van der Waals surface area contributed by atoms with Gasteiger partial charge < -0.3 is 39.0 Å². The maximum Gasteiger partial charge on any atom is 0.303 e. The number of carboxylic acids is 1. The van der Waals surface area contributed by atoms with Crippen LogP contribution >= 0.6 is 47.0 Å². The Labute approximate surface area is 348 Å². The van der Waals surface area contributed by atoms with Crippen molar-refractivity contribution in [3.05, 3.63) is 70.8 Å². The zero-order chi connectivity index (χ0) is 44.3. The predicted molar refractivity (Wildman–Crippen MR) is 200 cm³/mol. The molecule has 0 radical (unpaired) electrons. The summed E-state index contributed by atoms with van der Waals surface area (Å²) in [5.74, 6) is 2.36. The lowest BCUT2D eigenvalue weighted by Crippen LogP contribution is -2.41. The van der Waals surface area contributed by atoms with Crippen LogP contribution in [0.15, 0.2) is 0 Å². The van der Waals surface area contributed by atoms with Gasteiger partial charge in [0.15, 0.2) is 0 Å². The fraction of sp³-hybridized carbons (Fsp3) is 0.960. The molecule has 0 aromatic carbocycles. The lowest BCUT2D eigenvalue weighted by Gasteiger charge is -2.27. The van der Waals surface area contributed by atoms with Crippen molar-refractivity contribution in [1.29, 1.82) is 0 Å². The first-order valence-corrected chi connectivity index (χ1v) is 21.4. The van der Waals surface area contributed by atoms with Gasteiger partial charge in [0, 0.05) is 33.7 Å². The van der Waals surface area contributed by atoms with Crippen LogP contribution in [0.3, 0.4) is 0 Å². The van der Waals surface area contributed by atoms with E-state index in [9.17, 15) is 75.6 Å². The van der Waals surface area contributed by atoms with Crippen LogP contribution in [0.25, 0.3) is 0 Å². The first-order valence-electron chi connectivity index (χ1n) is 17.1. The minimum absolute atomic E-state index is 0.102. The van der Waals surface area contributed by atoms with Gasteiger partial charge >= 0.3 is 5.97 Å². The Morgan fingerprint density at radius 2 is 1.14 bits per heavy atom. The second-order valence-corrected chi connectivity index (χ2v) is 17.0. The van der Waals surface area contributed by atoms with E-state index in [0.717, 1.165) is 37.2 Å². The largest absolute Gasteiger partial charge is 0.481 e. The van der Waals surface area contributed by atoms with Crippen LogP contribution in [0.5, 0.6) is 0 Å². The third-order valence-electron chi connectivity index (χ3n) is 7.80. The first kappa shape index (κ1) is 52.3. The molecule has 0 spiro atoms. The van der Waals surface area contributed by atoms with Gasteiger partial charge in [-0.3, -0.25) is 4.79 Å². The highest BCUT2D eigenvalue weighted by Gasteiger charge is 2.38. The van der Waals surface area contributed by atoms with Crippen LogP contribution in [0.1, 0.15) is 57.8 Å². The second kappa shape index (κ2) is 29.5.